The molecule has 6 fully saturated rings. The number of thiazole rings is 4. The Kier molecular flexibility index (Phi) is 42.0. The van der Waals surface area contributed by atoms with E-state index in [1.165, 1.54) is 88.8 Å². The van der Waals surface area contributed by atoms with Gasteiger partial charge in [-0.25, -0.2) is 24.9 Å². The molecule has 1 atom stereocenters. The molecule has 6 aliphatic rings. The number of benzene rings is 4. The summed E-state index contributed by atoms with van der Waals surface area (Å²) in [5, 5.41) is 14.1. The van der Waals surface area contributed by atoms with Gasteiger partial charge in [0.1, 0.15) is 17.3 Å². The number of nitrogens with zero attached hydrogens (tertiary/aromatic N) is 13. The van der Waals surface area contributed by atoms with E-state index in [-0.39, 0.29) is 120 Å². The molecule has 0 spiro atoms. The van der Waals surface area contributed by atoms with E-state index in [9.17, 15) is 52.7 Å². The van der Waals surface area contributed by atoms with Crippen LogP contribution in [-0.4, -0.2) is 248 Å². The first-order valence-electron chi connectivity index (χ1n) is 41.9. The van der Waals surface area contributed by atoms with Crippen LogP contribution in [0.3, 0.4) is 0 Å². The molecule has 11 amide bonds. The molecule has 4 aliphatic heterocycles. The molecule has 4 saturated heterocycles. The second-order valence-electron chi connectivity index (χ2n) is 31.0. The number of anilines is 5. The fraction of sp³-hybridized carbons (Fsp3) is 0.381. The van der Waals surface area contributed by atoms with Crippen molar-refractivity contribution in [3.8, 4) is 11.5 Å². The number of methoxy groups -OCH3 is 2. The summed E-state index contributed by atoms with van der Waals surface area (Å²) in [6, 6.07) is 24.7. The highest BCUT2D eigenvalue weighted by Gasteiger charge is 2.35. The zero-order chi connectivity index (χ0) is 92.1. The smallest absolute Gasteiger partial charge is 0.257 e. The van der Waals surface area contributed by atoms with Crippen LogP contribution in [-0.2, 0) is 40.0 Å². The van der Waals surface area contributed by atoms with E-state index in [0.717, 1.165) is 103 Å². The molecule has 9 aromatic rings. The molecule has 4 N–H and O–H groups in total. The molecule has 2 saturated carbocycles. The Morgan fingerprint density at radius 3 is 1.28 bits per heavy atom. The molecule has 0 bridgehead atoms. The Bertz CT molecular complexity index is 5670. The molecule has 0 radical (unpaired) electrons. The molecule has 2 aliphatic carbocycles. The van der Waals surface area contributed by atoms with Gasteiger partial charge in [-0.1, -0.05) is 157 Å². The Hall–Kier alpha value is -11.9. The topological polar surface area (TPSA) is 345 Å². The first-order chi connectivity index (χ1) is 62.1. The minimum Gasteiger partial charge on any atom is -0.496 e. The van der Waals surface area contributed by atoms with Crippen LogP contribution in [0.25, 0.3) is 0 Å². The lowest BCUT2D eigenvalue weighted by molar-refractivity contribution is -0.128. The number of aryl methyl sites for hydroxylation is 4. The lowest BCUT2D eigenvalue weighted by Crippen LogP contribution is -2.50. The number of amides is 11. The van der Waals surface area contributed by atoms with Gasteiger partial charge in [0, 0.05) is 172 Å². The highest BCUT2D eigenvalue weighted by molar-refractivity contribution is 8.01. The van der Waals surface area contributed by atoms with Crippen molar-refractivity contribution in [2.24, 2.45) is 11.8 Å². The lowest BCUT2D eigenvalue weighted by Gasteiger charge is -2.34. The second-order valence-corrected chi connectivity index (χ2v) is 39.3. The summed E-state index contributed by atoms with van der Waals surface area (Å²) in [5.41, 5.74) is 7.34. The quantitative estimate of drug-likeness (QED) is 0.0386. The third-order valence-corrected chi connectivity index (χ3v) is 29.1. The molecule has 0 unspecified atom stereocenters. The van der Waals surface area contributed by atoms with E-state index in [1.807, 2.05) is 112 Å². The number of hydrogen-bond donors (Lipinski definition) is 4. The molecule has 5 aromatic heterocycles. The van der Waals surface area contributed by atoms with Crippen LogP contribution in [0.5, 0.6) is 11.5 Å². The van der Waals surface area contributed by atoms with Gasteiger partial charge in [0.25, 0.3) is 23.6 Å². The van der Waals surface area contributed by atoms with Crippen LogP contribution >= 0.6 is 80.6 Å². The third-order valence-electron chi connectivity index (χ3n) is 21.7. The van der Waals surface area contributed by atoms with Crippen LogP contribution in [0.4, 0.5) is 26.3 Å². The molecule has 37 heteroatoms. The number of ether oxygens (including phenoxy) is 2. The van der Waals surface area contributed by atoms with E-state index in [0.29, 0.717) is 154 Å². The number of piperazine rings is 3. The maximum Gasteiger partial charge on any atom is 0.257 e. The van der Waals surface area contributed by atoms with E-state index in [4.69, 9.17) is 9.47 Å². The van der Waals surface area contributed by atoms with Crippen molar-refractivity contribution in [1.82, 2.24) is 64.1 Å². The fourth-order valence-electron chi connectivity index (χ4n) is 14.3. The summed E-state index contributed by atoms with van der Waals surface area (Å²) in [6.45, 7) is 33.1. The van der Waals surface area contributed by atoms with Gasteiger partial charge in [-0.05, 0) is 173 Å². The van der Waals surface area contributed by atoms with Crippen LogP contribution in [0.2, 0.25) is 0 Å². The molecule has 30 nitrogen and oxygen atoms in total. The predicted molar refractivity (Wildman–Crippen MR) is 540 cm³/mol. The van der Waals surface area contributed by atoms with Gasteiger partial charge in [-0.3, -0.25) is 52.7 Å². The van der Waals surface area contributed by atoms with Crippen molar-refractivity contribution >= 4 is 172 Å². The molecular formula is C97H123N17O13S7. The van der Waals surface area contributed by atoms with Crippen molar-refractivity contribution in [1.29, 1.82) is 0 Å². The number of carbonyl (C=O) groups excluding carboxylic acids is 11. The number of rotatable bonds is 25. The Morgan fingerprint density at radius 1 is 0.433 bits per heavy atom. The number of aromatic nitrogens is 5. The lowest BCUT2D eigenvalue weighted by atomic mass is 10.0. The summed E-state index contributed by atoms with van der Waals surface area (Å²) in [6.07, 6.45) is 19.2. The van der Waals surface area contributed by atoms with E-state index in [2.05, 4.69) is 85.5 Å². The highest BCUT2D eigenvalue weighted by Crippen LogP contribution is 2.43. The zero-order valence-electron chi connectivity index (χ0n) is 73.1. The fourth-order valence-corrected chi connectivity index (χ4v) is 21.1. The van der Waals surface area contributed by atoms with Crippen molar-refractivity contribution in [3.05, 3.63) is 215 Å². The second kappa shape index (κ2) is 51.6. The molecule has 9 heterocycles. The average Bonchev–Trinajstić information content (AvgIpc) is 0.860. The monoisotopic (exact) mass is 1960 g/mol. The van der Waals surface area contributed by atoms with E-state index < -0.39 is 0 Å². The van der Waals surface area contributed by atoms with Gasteiger partial charge in [0.05, 0.1) is 56.6 Å². The number of nitrogens with one attached hydrogen (secondary N) is 4. The van der Waals surface area contributed by atoms with Crippen LogP contribution in [0.1, 0.15) is 157 Å². The van der Waals surface area contributed by atoms with Gasteiger partial charge in [0.2, 0.25) is 41.4 Å². The Balaban J connectivity index is 0.000000241. The van der Waals surface area contributed by atoms with Gasteiger partial charge in [-0.15, -0.1) is 11.3 Å². The van der Waals surface area contributed by atoms with Gasteiger partial charge >= 0.3 is 0 Å². The van der Waals surface area contributed by atoms with E-state index in [1.54, 1.807) is 96.4 Å². The minimum absolute atomic E-state index is 0. The van der Waals surface area contributed by atoms with E-state index >= 15 is 0 Å². The van der Waals surface area contributed by atoms with Crippen LogP contribution in [0.15, 0.2) is 188 Å². The third kappa shape index (κ3) is 29.6. The SMILES string of the molecule is C.C.C.C.C.C=CC(=O)N1CCCN(C(=O)c2cc(Sc3cnc(Nc4ccccn4)s3)c(C)cc2C)C[C@H]1C.C=CC(=O)N1CCN(C(=O)c2cc(Sc3cnc(NC(=O)C4CC4)s3)c(C)cc2OC)CC1.C=CC(=O)N1CCN(C(=O)c2cc(Sc3cnc(NC(C)=O)s3)c(C)cc2OC)CC1.C=CC(=O)N1CCN(C(=O)c2cccc(Cc3cnc(NC(=O)C4CC4)s3)c2)CC1. The first kappa shape index (κ1) is 109. The summed E-state index contributed by atoms with van der Waals surface area (Å²) in [7, 11) is 3.10. The maximum atomic E-state index is 13.6. The average molecular weight is 1960 g/mol. The van der Waals surface area contributed by atoms with Crippen LogP contribution < -0.4 is 30.7 Å². The summed E-state index contributed by atoms with van der Waals surface area (Å²) >= 11 is 10.4. The van der Waals surface area contributed by atoms with Gasteiger partial charge in [-0.2, -0.15) is 0 Å². The first-order valence-corrected chi connectivity index (χ1v) is 47.7. The van der Waals surface area contributed by atoms with Gasteiger partial charge in [0.15, 0.2) is 20.5 Å². The summed E-state index contributed by atoms with van der Waals surface area (Å²) in [5.74, 6) is 1.27. The molecule has 4 aromatic carbocycles. The van der Waals surface area contributed by atoms with Crippen molar-refractivity contribution < 1.29 is 62.2 Å². The number of pyridine rings is 1. The molecule has 134 heavy (non-hydrogen) atoms. The highest BCUT2D eigenvalue weighted by atomic mass is 32.2. The summed E-state index contributed by atoms with van der Waals surface area (Å²) in [4.78, 5) is 175. The van der Waals surface area contributed by atoms with Crippen LogP contribution in [0, 0.1) is 39.5 Å². The molecule has 15 rings (SSSR count). The van der Waals surface area contributed by atoms with Gasteiger partial charge < -0.3 is 69.9 Å². The van der Waals surface area contributed by atoms with Crippen molar-refractivity contribution in [2.45, 2.75) is 151 Å². The molecular weight excluding hydrogens is 1840 g/mol. The predicted octanol–water partition coefficient (Wildman–Crippen LogP) is 17.5. The number of carbonyl (C=O) groups is 11. The minimum atomic E-state index is -0.172. The molecule has 716 valence electrons. The standard InChI is InChI=1S/C26H29N5O2S2.C23H26N4O4S2.C22H24N4O3S.C21H24N4O4S2.5CH4/c1-5-23(32)31-12-8-11-30(16-19(31)4)25(33)20-14-21(18(3)13-17(20)2)34-24-15-28-26(35-24)29-22-9-6-7-10-27-22;1-4-19(28)26-7-9-27(10-8-26)22(30)16-12-18(14(2)11-17(16)31-3)32-20-13-24-23(33-20)25-21(29)15-5-6-15;1-2-19(27)25-8-10-26(11-9-25)21(29)17-5-3-4-15(12-17)13-18-14-23-22(30-18)24-20(28)16-6-7-16;1-5-18(27)24-6-8-25(9-7-24)20(28)15-11-17(13(2)10-16(15)29-4)30-19-12-22-21(31-19)23-14(3)26;;;;;/h5-7,9-10,13-15,19H,1,8,11-12,16H2,2-4H3,(H,27,28,29);4,11-13,15H,1,5-10H2,2-3H3,(H,24,25,29);2-5,12,14,16H,1,6-11,13H2,(H,23,24,28);5,10-12H,1,6-9H2,2-4H3,(H,22,23,26);5*1H4/t19-;;;;;;;;/m1......../s1. The maximum absolute atomic E-state index is 13.6. The largest absolute Gasteiger partial charge is 0.496 e. The summed E-state index contributed by atoms with van der Waals surface area (Å²) < 4.78 is 13.8. The zero-order valence-corrected chi connectivity index (χ0v) is 78.8. The number of hydrogen-bond acceptors (Lipinski definition) is 26. The normalized spacial score (nSPS) is 14.9. The van der Waals surface area contributed by atoms with Crippen molar-refractivity contribution in [3.63, 3.8) is 0 Å². The Labute approximate surface area is 815 Å². The van der Waals surface area contributed by atoms with Crippen molar-refractivity contribution in [2.75, 3.05) is 134 Å². The Morgan fingerprint density at radius 2 is 0.843 bits per heavy atom.